The molecule has 0 aliphatic rings. The molecule has 0 amide bonds. The summed E-state index contributed by atoms with van der Waals surface area (Å²) in [5.74, 6) is 0. The minimum absolute atomic E-state index is 0. The molecule has 0 aromatic rings. The second-order valence-corrected chi connectivity index (χ2v) is 1.47. The molecule has 0 fully saturated rings. The molecule has 0 radical (unpaired) electrons. The fourth-order valence-electron chi connectivity index (χ4n) is 0. The van der Waals surface area contributed by atoms with E-state index < -0.39 is 16.6 Å². The fraction of sp³-hybridized carbons (Fsp3) is 0. The van der Waals surface area contributed by atoms with Crippen molar-refractivity contribution in [3.05, 3.63) is 0 Å². The molecule has 0 aliphatic carbocycles. The molecule has 12 heteroatoms. The molecular weight excluding hydrogens is 312 g/mol. The van der Waals surface area contributed by atoms with E-state index in [-0.39, 0.29) is 126 Å². The Morgan fingerprint density at radius 3 is 0.923 bits per heavy atom. The zero-order valence-electron chi connectivity index (χ0n) is 6.27. The zero-order chi connectivity index (χ0) is 8.08. The summed E-state index contributed by atoms with van der Waals surface area (Å²) < 4.78 is 34.1. The summed E-state index contributed by atoms with van der Waals surface area (Å²) in [4.78, 5) is 8.33. The maximum atomic E-state index is 8.52. The van der Waals surface area contributed by atoms with Crippen LogP contribution in [0, 0.1) is 0 Å². The van der Waals surface area contributed by atoms with Crippen LogP contribution in [0.3, 0.4) is 0 Å². The van der Waals surface area contributed by atoms with E-state index in [1.807, 2.05) is 0 Å². The van der Waals surface area contributed by atoms with Gasteiger partial charge in [0.1, 0.15) is 0 Å². The van der Waals surface area contributed by atoms with Gasteiger partial charge in [0, 0.05) is 10.4 Å². The first-order valence-electron chi connectivity index (χ1n) is 1.28. The molecule has 0 unspecified atom stereocenters. The van der Waals surface area contributed by atoms with Crippen molar-refractivity contribution in [1.82, 2.24) is 0 Å². The van der Waals surface area contributed by atoms with Gasteiger partial charge in [-0.05, 0) is 6.16 Å². The maximum absolute atomic E-state index is 8.52. The first-order chi connectivity index (χ1) is 3.73. The summed E-state index contributed by atoms with van der Waals surface area (Å²) >= 11 is 0. The summed E-state index contributed by atoms with van der Waals surface area (Å²) in [5.41, 5.74) is 0. The number of rotatable bonds is 0. The first-order valence-corrected chi connectivity index (χ1v) is 2.61. The summed E-state index contributed by atoms with van der Waals surface area (Å²) in [6, 6.07) is 0. The Labute approximate surface area is 171 Å². The minimum Gasteiger partial charge on any atom is -1.00 e. The van der Waals surface area contributed by atoms with E-state index in [4.69, 9.17) is 32.5 Å². The van der Waals surface area contributed by atoms with Gasteiger partial charge >= 0.3 is 113 Å². The van der Waals surface area contributed by atoms with Crippen molar-refractivity contribution < 1.29 is 44.9 Å². The third-order valence-corrected chi connectivity index (χ3v) is 0. The quantitative estimate of drug-likeness (QED) is 0.245. The molecule has 7 nitrogen and oxygen atoms in total. The van der Waals surface area contributed by atoms with E-state index in [1.165, 1.54) is 0 Å². The van der Waals surface area contributed by atoms with Crippen molar-refractivity contribution in [3.63, 3.8) is 0 Å². The molecule has 0 bridgehead atoms. The van der Waals surface area contributed by atoms with Gasteiger partial charge in [-0.1, -0.05) is 0 Å². The van der Waals surface area contributed by atoms with Gasteiger partial charge in [-0.3, -0.25) is 8.42 Å². The van der Waals surface area contributed by atoms with Crippen molar-refractivity contribution in [2.24, 2.45) is 0 Å². The van der Waals surface area contributed by atoms with Crippen LogP contribution < -0.4 is 22.6 Å². The van der Waals surface area contributed by atoms with Gasteiger partial charge in [0.2, 0.25) is 0 Å². The van der Waals surface area contributed by atoms with E-state index in [1.54, 1.807) is 0 Å². The number of halogens is 1. The van der Waals surface area contributed by atoms with Crippen LogP contribution in [0.4, 0.5) is 4.79 Å². The van der Waals surface area contributed by atoms with E-state index >= 15 is 0 Å². The van der Waals surface area contributed by atoms with Crippen LogP contribution in [0.1, 0.15) is 0 Å². The predicted molar refractivity (Wildman–Crippen MR) is 33.1 cm³/mol. The number of carbonyl (C=O) groups excluding carboxylic acids is 1. The van der Waals surface area contributed by atoms with Gasteiger partial charge in [0.05, 0.1) is 0 Å². The monoisotopic (exact) mass is 311 g/mol. The van der Waals surface area contributed by atoms with Crippen molar-refractivity contribution >= 4 is 130 Å². The van der Waals surface area contributed by atoms with Crippen molar-refractivity contribution in [2.75, 3.05) is 0 Å². The van der Waals surface area contributed by atoms with E-state index in [0.29, 0.717) is 0 Å². The molecule has 0 saturated heterocycles. The Morgan fingerprint density at radius 1 is 0.923 bits per heavy atom. The number of hydrogen-bond donors (Lipinski definition) is 0. The van der Waals surface area contributed by atoms with Gasteiger partial charge < -0.3 is 36.5 Å². The van der Waals surface area contributed by atoms with Crippen molar-refractivity contribution in [3.8, 4) is 0 Å². The third-order valence-electron chi connectivity index (χ3n) is 0. The summed E-state index contributed by atoms with van der Waals surface area (Å²) in [6.07, 6.45) is -2.33. The average Bonchev–Trinajstić information content (AvgIpc) is 1.19. The summed E-state index contributed by atoms with van der Waals surface area (Å²) in [5, 5.41) is 16.7. The fourth-order valence-corrected chi connectivity index (χ4v) is 0. The standard InChI is InChI=1S/CH2O3.3Ca.ClH.H2O4S/c2-1(3)4;;;;;1-5(2,3)4/h(H2,2,3,4);;;;1H;(H2,1,2,3,4)/q;3*+2;;/p-5. The number of hydrogen-bond acceptors (Lipinski definition) is 7. The molecule has 0 aliphatic heterocycles. The normalized spacial score (nSPS) is 6.31. The van der Waals surface area contributed by atoms with Crippen LogP contribution in [0.2, 0.25) is 0 Å². The third kappa shape index (κ3) is 258. The molecule has 0 aromatic carbocycles. The van der Waals surface area contributed by atoms with Gasteiger partial charge in [0.15, 0.2) is 0 Å². The van der Waals surface area contributed by atoms with Crippen molar-refractivity contribution in [1.29, 1.82) is 0 Å². The Hall–Kier alpha value is 3.21. The molecule has 0 spiro atoms. The Morgan fingerprint density at radius 2 is 0.923 bits per heavy atom. The second-order valence-electron chi connectivity index (χ2n) is 0.658. The average molecular weight is 312 g/mol. The first kappa shape index (κ1) is 36.0. The topological polar surface area (TPSA) is 143 Å². The number of carboxylic acid groups (broad SMARTS) is 2. The molecule has 64 valence electrons. The van der Waals surface area contributed by atoms with Crippen LogP contribution in [-0.2, 0) is 10.4 Å². The summed E-state index contributed by atoms with van der Waals surface area (Å²) in [7, 11) is -5.17. The second kappa shape index (κ2) is 20.6. The Balaban J connectivity index is -0.0000000146. The zero-order valence-corrected chi connectivity index (χ0v) is 14.5. The van der Waals surface area contributed by atoms with E-state index in [9.17, 15) is 0 Å². The molecule has 0 saturated carbocycles. The van der Waals surface area contributed by atoms with Gasteiger partial charge in [-0.25, -0.2) is 0 Å². The Bertz CT molecular complexity index is 166. The SMILES string of the molecule is O=C([O-])[O-].O=S(=O)([O-])[O-].[Ca+2].[Ca+2].[Ca+2].[Cl-]. The Kier molecular flexibility index (Phi) is 57.0. The molecule has 0 heterocycles. The molecule has 13 heavy (non-hydrogen) atoms. The van der Waals surface area contributed by atoms with Gasteiger partial charge in [-0.15, -0.1) is 0 Å². The van der Waals surface area contributed by atoms with Crippen LogP contribution in [0.25, 0.3) is 0 Å². The smallest absolute Gasteiger partial charge is 1.00 e. The van der Waals surface area contributed by atoms with Crippen molar-refractivity contribution in [2.45, 2.75) is 0 Å². The minimum atomic E-state index is -5.17. The van der Waals surface area contributed by atoms with Gasteiger partial charge in [0.25, 0.3) is 0 Å². The van der Waals surface area contributed by atoms with Crippen LogP contribution >= 0.6 is 0 Å². The molecule has 0 atom stereocenters. The largest absolute Gasteiger partial charge is 2.00 e. The predicted octanol–water partition coefficient (Wildman–Crippen LogP) is -7.92. The van der Waals surface area contributed by atoms with Gasteiger partial charge in [-0.2, -0.15) is 0 Å². The van der Waals surface area contributed by atoms with E-state index in [2.05, 4.69) is 0 Å². The molecule has 0 N–H and O–H groups in total. The maximum Gasteiger partial charge on any atom is 2.00 e. The molecule has 0 aromatic heterocycles. The van der Waals surface area contributed by atoms with Crippen LogP contribution in [0.5, 0.6) is 0 Å². The molecular formula is CCa3ClO7S+. The van der Waals surface area contributed by atoms with E-state index in [0.717, 1.165) is 0 Å². The summed E-state index contributed by atoms with van der Waals surface area (Å²) in [6.45, 7) is 0. The molecule has 0 rings (SSSR count). The van der Waals surface area contributed by atoms with Crippen LogP contribution in [-0.4, -0.2) is 137 Å². The number of carbonyl (C=O) groups is 1. The van der Waals surface area contributed by atoms with Crippen LogP contribution in [0.15, 0.2) is 0 Å².